The van der Waals surface area contributed by atoms with E-state index in [0.29, 0.717) is 18.1 Å². The zero-order valence-corrected chi connectivity index (χ0v) is 15.8. The first-order chi connectivity index (χ1) is 11.7. The number of carbonyl (C=O) groups is 1. The Hall–Kier alpha value is -1.95. The van der Waals surface area contributed by atoms with Crippen molar-refractivity contribution in [1.29, 1.82) is 0 Å². The molecule has 1 aromatic carbocycles. The van der Waals surface area contributed by atoms with Crippen LogP contribution in [-0.2, 0) is 11.8 Å². The van der Waals surface area contributed by atoms with E-state index >= 15 is 0 Å². The molecule has 2 heterocycles. The molecular formula is C18H24ClN3O3. The first kappa shape index (κ1) is 17.9. The van der Waals surface area contributed by atoms with E-state index in [0.717, 1.165) is 23.9 Å². The normalized spacial score (nSPS) is 16.4. The molecule has 0 aliphatic carbocycles. The average molecular weight is 366 g/mol. The first-order valence-corrected chi connectivity index (χ1v) is 8.89. The Bertz CT molecular complexity index is 855. The van der Waals surface area contributed by atoms with Crippen molar-refractivity contribution < 1.29 is 9.53 Å². The van der Waals surface area contributed by atoms with Gasteiger partial charge in [0.25, 0.3) is 0 Å². The molecule has 0 spiro atoms. The fourth-order valence-electron chi connectivity index (χ4n) is 3.32. The van der Waals surface area contributed by atoms with Gasteiger partial charge < -0.3 is 9.64 Å². The third-order valence-electron chi connectivity index (χ3n) is 4.53. The van der Waals surface area contributed by atoms with E-state index in [1.165, 1.54) is 0 Å². The van der Waals surface area contributed by atoms with Crippen LogP contribution in [0, 0.1) is 0 Å². The maximum atomic E-state index is 12.7. The molecule has 0 N–H and O–H groups in total. The van der Waals surface area contributed by atoms with E-state index in [1.807, 2.05) is 37.5 Å². The van der Waals surface area contributed by atoms with Crippen molar-refractivity contribution in [2.45, 2.75) is 45.3 Å². The third kappa shape index (κ3) is 3.54. The zero-order valence-electron chi connectivity index (χ0n) is 15.1. The number of imidazole rings is 1. The fraction of sp³-hybridized carbons (Fsp3) is 0.556. The zero-order chi connectivity index (χ0) is 18.4. The van der Waals surface area contributed by atoms with E-state index in [-0.39, 0.29) is 17.8 Å². The van der Waals surface area contributed by atoms with Gasteiger partial charge in [0.2, 0.25) is 0 Å². The number of amides is 1. The Morgan fingerprint density at radius 1 is 1.20 bits per heavy atom. The molecular weight excluding hydrogens is 342 g/mol. The Labute approximate surface area is 151 Å². The number of halogens is 1. The van der Waals surface area contributed by atoms with Crippen LogP contribution in [0.3, 0.4) is 0 Å². The number of aromatic nitrogens is 2. The van der Waals surface area contributed by atoms with Crippen LogP contribution in [0.1, 0.15) is 39.7 Å². The quantitative estimate of drug-likeness (QED) is 0.776. The average Bonchev–Trinajstić information content (AvgIpc) is 2.77. The maximum absolute atomic E-state index is 12.7. The van der Waals surface area contributed by atoms with Gasteiger partial charge in [-0.15, -0.1) is 0 Å². The van der Waals surface area contributed by atoms with E-state index in [4.69, 9.17) is 16.3 Å². The number of piperidine rings is 1. The summed E-state index contributed by atoms with van der Waals surface area (Å²) in [7, 11) is 1.76. The number of benzene rings is 1. The molecule has 136 valence electrons. The molecule has 0 radical (unpaired) electrons. The highest BCUT2D eigenvalue weighted by atomic mass is 35.5. The molecule has 1 fully saturated rings. The van der Waals surface area contributed by atoms with Gasteiger partial charge in [-0.05, 0) is 51.8 Å². The number of likely N-dealkylation sites (tertiary alicyclic amines) is 1. The summed E-state index contributed by atoms with van der Waals surface area (Å²) < 4.78 is 8.89. The SMILES string of the molecule is Cn1c(=O)n(C2CCN(C(=O)OC(C)(C)C)CC2)c2ccc(Cl)cc21. The summed E-state index contributed by atoms with van der Waals surface area (Å²) in [6.45, 7) is 6.74. The lowest BCUT2D eigenvalue weighted by atomic mass is 10.0. The predicted octanol–water partition coefficient (Wildman–Crippen LogP) is 3.57. The molecule has 3 rings (SSSR count). The highest BCUT2D eigenvalue weighted by molar-refractivity contribution is 6.31. The van der Waals surface area contributed by atoms with Gasteiger partial charge in [-0.1, -0.05) is 11.6 Å². The second kappa shape index (κ2) is 6.41. The number of hydrogen-bond donors (Lipinski definition) is 0. The van der Waals surface area contributed by atoms with Gasteiger partial charge in [0.05, 0.1) is 11.0 Å². The van der Waals surface area contributed by atoms with Crippen molar-refractivity contribution in [2.75, 3.05) is 13.1 Å². The smallest absolute Gasteiger partial charge is 0.410 e. The van der Waals surface area contributed by atoms with Crippen LogP contribution in [0.4, 0.5) is 4.79 Å². The van der Waals surface area contributed by atoms with Crippen LogP contribution in [0.25, 0.3) is 11.0 Å². The monoisotopic (exact) mass is 365 g/mol. The summed E-state index contributed by atoms with van der Waals surface area (Å²) >= 11 is 6.06. The van der Waals surface area contributed by atoms with Gasteiger partial charge in [-0.2, -0.15) is 0 Å². The summed E-state index contributed by atoms with van der Waals surface area (Å²) in [6, 6.07) is 5.57. The van der Waals surface area contributed by atoms with Crippen LogP contribution >= 0.6 is 11.6 Å². The lowest BCUT2D eigenvalue weighted by molar-refractivity contribution is 0.0188. The number of rotatable bonds is 1. The molecule has 0 atom stereocenters. The van der Waals surface area contributed by atoms with Crippen molar-refractivity contribution in [1.82, 2.24) is 14.0 Å². The third-order valence-corrected chi connectivity index (χ3v) is 4.77. The van der Waals surface area contributed by atoms with Gasteiger partial charge in [0.15, 0.2) is 0 Å². The van der Waals surface area contributed by atoms with Crippen LogP contribution in [0.15, 0.2) is 23.0 Å². The summed E-state index contributed by atoms with van der Waals surface area (Å²) in [5, 5.41) is 0.611. The molecule has 6 nitrogen and oxygen atoms in total. The lowest BCUT2D eigenvalue weighted by Crippen LogP contribution is -2.43. The molecule has 1 amide bonds. The van der Waals surface area contributed by atoms with Crippen LogP contribution < -0.4 is 5.69 Å². The highest BCUT2D eigenvalue weighted by Gasteiger charge is 2.29. The van der Waals surface area contributed by atoms with Gasteiger partial charge in [0.1, 0.15) is 5.60 Å². The molecule has 7 heteroatoms. The summed E-state index contributed by atoms with van der Waals surface area (Å²) in [5.41, 5.74) is 1.16. The Morgan fingerprint density at radius 3 is 2.44 bits per heavy atom. The van der Waals surface area contributed by atoms with Crippen LogP contribution in [0.5, 0.6) is 0 Å². The number of ether oxygens (including phenoxy) is 1. The largest absolute Gasteiger partial charge is 0.444 e. The number of hydrogen-bond acceptors (Lipinski definition) is 3. The summed E-state index contributed by atoms with van der Waals surface area (Å²) in [6.07, 6.45) is 1.16. The topological polar surface area (TPSA) is 56.5 Å². The Balaban J connectivity index is 1.80. The minimum Gasteiger partial charge on any atom is -0.444 e. The van der Waals surface area contributed by atoms with Gasteiger partial charge in [0, 0.05) is 31.2 Å². The molecule has 2 aromatic rings. The standard InChI is InChI=1S/C18H24ClN3O3/c1-18(2,3)25-17(24)21-9-7-13(8-10-21)22-14-6-5-12(19)11-15(14)20(4)16(22)23/h5-6,11,13H,7-10H2,1-4H3. The Kier molecular flexibility index (Phi) is 4.58. The van der Waals surface area contributed by atoms with Crippen LogP contribution in [0.2, 0.25) is 5.02 Å². The van der Waals surface area contributed by atoms with Crippen molar-refractivity contribution in [3.8, 4) is 0 Å². The maximum Gasteiger partial charge on any atom is 0.410 e. The van der Waals surface area contributed by atoms with E-state index in [2.05, 4.69) is 0 Å². The van der Waals surface area contributed by atoms with Crippen molar-refractivity contribution in [3.05, 3.63) is 33.7 Å². The molecule has 0 unspecified atom stereocenters. The van der Waals surface area contributed by atoms with Gasteiger partial charge >= 0.3 is 11.8 Å². The summed E-state index contributed by atoms with van der Waals surface area (Å²) in [5.74, 6) is 0. The van der Waals surface area contributed by atoms with Crippen molar-refractivity contribution in [3.63, 3.8) is 0 Å². The first-order valence-electron chi connectivity index (χ1n) is 8.52. The minimum atomic E-state index is -0.500. The molecule has 0 bridgehead atoms. The van der Waals surface area contributed by atoms with Gasteiger partial charge in [-0.3, -0.25) is 9.13 Å². The van der Waals surface area contributed by atoms with Gasteiger partial charge in [-0.25, -0.2) is 9.59 Å². The number of aryl methyl sites for hydroxylation is 1. The molecule has 0 saturated carbocycles. The summed E-state index contributed by atoms with van der Waals surface area (Å²) in [4.78, 5) is 26.6. The molecule has 1 aliphatic rings. The van der Waals surface area contributed by atoms with Crippen LogP contribution in [-0.4, -0.2) is 38.8 Å². The van der Waals surface area contributed by atoms with Crippen molar-refractivity contribution >= 4 is 28.7 Å². The molecule has 1 aliphatic heterocycles. The second-order valence-corrected chi connectivity index (χ2v) is 7.98. The Morgan fingerprint density at radius 2 is 1.84 bits per heavy atom. The van der Waals surface area contributed by atoms with E-state index < -0.39 is 5.60 Å². The van der Waals surface area contributed by atoms with Crippen molar-refractivity contribution in [2.24, 2.45) is 7.05 Å². The lowest BCUT2D eigenvalue weighted by Gasteiger charge is -2.33. The highest BCUT2D eigenvalue weighted by Crippen LogP contribution is 2.27. The fourth-order valence-corrected chi connectivity index (χ4v) is 3.49. The number of fused-ring (bicyclic) bond motifs is 1. The number of carbonyl (C=O) groups excluding carboxylic acids is 1. The predicted molar refractivity (Wildman–Crippen MR) is 98.3 cm³/mol. The molecule has 25 heavy (non-hydrogen) atoms. The minimum absolute atomic E-state index is 0.0482. The van der Waals surface area contributed by atoms with E-state index in [1.54, 1.807) is 22.6 Å². The van der Waals surface area contributed by atoms with E-state index in [9.17, 15) is 9.59 Å². The second-order valence-electron chi connectivity index (χ2n) is 7.54. The number of nitrogens with zero attached hydrogens (tertiary/aromatic N) is 3. The molecule has 1 aromatic heterocycles. The molecule has 1 saturated heterocycles.